The number of carboxylic acids is 1. The summed E-state index contributed by atoms with van der Waals surface area (Å²) < 4.78 is 31.4. The molecular formula is C14H21NO5S. The lowest BCUT2D eigenvalue weighted by Crippen LogP contribution is -2.22. The molecule has 7 heteroatoms. The topological polar surface area (TPSA) is 92.7 Å². The van der Waals surface area contributed by atoms with Crippen molar-refractivity contribution in [1.82, 2.24) is 0 Å². The van der Waals surface area contributed by atoms with Crippen molar-refractivity contribution in [2.75, 3.05) is 17.1 Å². The van der Waals surface area contributed by atoms with Crippen LogP contribution >= 0.6 is 0 Å². The molecule has 1 aromatic carbocycles. The molecule has 0 unspecified atom stereocenters. The highest BCUT2D eigenvalue weighted by Crippen LogP contribution is 2.21. The van der Waals surface area contributed by atoms with Crippen LogP contribution in [0.4, 0.5) is 5.69 Å². The smallest absolute Gasteiger partial charge is 0.336 e. The summed E-state index contributed by atoms with van der Waals surface area (Å²) in [4.78, 5) is 11.1. The third kappa shape index (κ3) is 5.35. The average molecular weight is 315 g/mol. The van der Waals surface area contributed by atoms with Gasteiger partial charge in [-0.3, -0.25) is 4.72 Å². The fourth-order valence-corrected chi connectivity index (χ4v) is 2.66. The Labute approximate surface area is 125 Å². The molecule has 0 spiro atoms. The van der Waals surface area contributed by atoms with E-state index in [0.29, 0.717) is 11.1 Å². The molecule has 0 aliphatic carbocycles. The summed E-state index contributed by atoms with van der Waals surface area (Å²) in [5.74, 6) is -1.26. The fourth-order valence-electron chi connectivity index (χ4n) is 1.76. The number of nitrogens with one attached hydrogen (secondary N) is 1. The maximum Gasteiger partial charge on any atom is 0.336 e. The summed E-state index contributed by atoms with van der Waals surface area (Å²) in [5.41, 5.74) is 1.67. The van der Waals surface area contributed by atoms with E-state index >= 15 is 0 Å². The first-order valence-electron chi connectivity index (χ1n) is 6.59. The number of ether oxygens (including phenoxy) is 1. The first kappa shape index (κ1) is 17.5. The Kier molecular flexibility index (Phi) is 5.74. The Hall–Kier alpha value is -1.60. The van der Waals surface area contributed by atoms with E-state index in [1.54, 1.807) is 19.9 Å². The molecule has 118 valence electrons. The predicted molar refractivity (Wildman–Crippen MR) is 81.4 cm³/mol. The molecule has 0 aliphatic rings. The first-order chi connectivity index (χ1) is 9.62. The number of carbonyl (C=O) groups is 1. The van der Waals surface area contributed by atoms with Crippen LogP contribution in [0, 0.1) is 13.8 Å². The van der Waals surface area contributed by atoms with Crippen LogP contribution in [0.3, 0.4) is 0 Å². The number of aromatic carboxylic acids is 1. The maximum absolute atomic E-state index is 11.9. The van der Waals surface area contributed by atoms with Gasteiger partial charge in [0, 0.05) is 5.69 Å². The number of anilines is 1. The second kappa shape index (κ2) is 6.91. The van der Waals surface area contributed by atoms with Crippen LogP contribution in [0.1, 0.15) is 35.3 Å². The molecule has 2 N–H and O–H groups in total. The normalized spacial score (nSPS) is 11.7. The molecule has 0 amide bonds. The van der Waals surface area contributed by atoms with Gasteiger partial charge >= 0.3 is 5.97 Å². The Morgan fingerprint density at radius 1 is 1.33 bits per heavy atom. The van der Waals surface area contributed by atoms with Crippen LogP contribution in [0.2, 0.25) is 0 Å². The number of hydrogen-bond acceptors (Lipinski definition) is 4. The van der Waals surface area contributed by atoms with E-state index in [1.807, 2.05) is 13.8 Å². The van der Waals surface area contributed by atoms with E-state index < -0.39 is 16.0 Å². The Morgan fingerprint density at radius 2 is 1.95 bits per heavy atom. The molecule has 1 rings (SSSR count). The van der Waals surface area contributed by atoms with E-state index in [-0.39, 0.29) is 29.7 Å². The minimum atomic E-state index is -3.57. The van der Waals surface area contributed by atoms with Crippen LogP contribution in [0.15, 0.2) is 12.1 Å². The van der Waals surface area contributed by atoms with Gasteiger partial charge in [-0.05, 0) is 51.0 Å². The zero-order chi connectivity index (χ0) is 16.2. The van der Waals surface area contributed by atoms with E-state index in [0.717, 1.165) is 0 Å². The number of sulfonamides is 1. The van der Waals surface area contributed by atoms with Crippen molar-refractivity contribution in [3.05, 3.63) is 28.8 Å². The molecule has 0 heterocycles. The van der Waals surface area contributed by atoms with E-state index in [4.69, 9.17) is 9.84 Å². The maximum atomic E-state index is 11.9. The van der Waals surface area contributed by atoms with Gasteiger partial charge in [-0.1, -0.05) is 0 Å². The summed E-state index contributed by atoms with van der Waals surface area (Å²) in [6.07, 6.45) is -0.0413. The van der Waals surface area contributed by atoms with Gasteiger partial charge in [-0.2, -0.15) is 0 Å². The molecule has 0 aromatic heterocycles. The average Bonchev–Trinajstić information content (AvgIpc) is 2.31. The van der Waals surface area contributed by atoms with E-state index in [1.165, 1.54) is 6.07 Å². The zero-order valence-corrected chi connectivity index (χ0v) is 13.5. The minimum absolute atomic E-state index is 0.0413. The number of rotatable bonds is 7. The van der Waals surface area contributed by atoms with Gasteiger partial charge in [0.1, 0.15) is 0 Å². The second-order valence-electron chi connectivity index (χ2n) is 5.11. The van der Waals surface area contributed by atoms with Gasteiger partial charge in [0.15, 0.2) is 0 Å². The third-order valence-corrected chi connectivity index (χ3v) is 4.23. The second-order valence-corrected chi connectivity index (χ2v) is 6.95. The van der Waals surface area contributed by atoms with Crippen molar-refractivity contribution < 1.29 is 23.1 Å². The molecule has 0 atom stereocenters. The van der Waals surface area contributed by atoms with Crippen LogP contribution in [-0.4, -0.2) is 38.0 Å². The first-order valence-corrected chi connectivity index (χ1v) is 8.24. The molecule has 0 bridgehead atoms. The van der Waals surface area contributed by atoms with Gasteiger partial charge in [-0.25, -0.2) is 13.2 Å². The van der Waals surface area contributed by atoms with Crippen LogP contribution in [0.25, 0.3) is 0 Å². The van der Waals surface area contributed by atoms with Crippen molar-refractivity contribution in [3.8, 4) is 0 Å². The van der Waals surface area contributed by atoms with Gasteiger partial charge in [0.25, 0.3) is 0 Å². The molecule has 0 fully saturated rings. The Balaban J connectivity index is 2.90. The van der Waals surface area contributed by atoms with Crippen LogP contribution in [0.5, 0.6) is 0 Å². The highest BCUT2D eigenvalue weighted by Gasteiger charge is 2.15. The Bertz CT molecular complexity index is 622. The molecule has 0 radical (unpaired) electrons. The van der Waals surface area contributed by atoms with E-state index in [9.17, 15) is 13.2 Å². The summed E-state index contributed by atoms with van der Waals surface area (Å²) >= 11 is 0. The van der Waals surface area contributed by atoms with Crippen molar-refractivity contribution in [1.29, 1.82) is 0 Å². The highest BCUT2D eigenvalue weighted by molar-refractivity contribution is 7.92. The van der Waals surface area contributed by atoms with Crippen molar-refractivity contribution >= 4 is 21.7 Å². The molecule has 0 aliphatic heterocycles. The lowest BCUT2D eigenvalue weighted by atomic mass is 10.0. The SMILES string of the molecule is Cc1cc(NS(=O)(=O)CCOC(C)C)cc(C(=O)O)c1C. The van der Waals surface area contributed by atoms with Crippen molar-refractivity contribution in [2.24, 2.45) is 0 Å². The quantitative estimate of drug-likeness (QED) is 0.804. The van der Waals surface area contributed by atoms with Gasteiger partial charge in [0.2, 0.25) is 10.0 Å². The monoisotopic (exact) mass is 315 g/mol. The third-order valence-electron chi connectivity index (χ3n) is 2.97. The summed E-state index contributed by atoms with van der Waals surface area (Å²) in [7, 11) is -3.57. The molecule has 0 saturated carbocycles. The molecular weight excluding hydrogens is 294 g/mol. The van der Waals surface area contributed by atoms with Gasteiger partial charge in [-0.15, -0.1) is 0 Å². The minimum Gasteiger partial charge on any atom is -0.478 e. The van der Waals surface area contributed by atoms with Crippen LogP contribution in [-0.2, 0) is 14.8 Å². The number of carboxylic acid groups (broad SMARTS) is 1. The Morgan fingerprint density at radius 3 is 2.48 bits per heavy atom. The van der Waals surface area contributed by atoms with Crippen molar-refractivity contribution in [3.63, 3.8) is 0 Å². The molecule has 1 aromatic rings. The van der Waals surface area contributed by atoms with Crippen molar-refractivity contribution in [2.45, 2.75) is 33.8 Å². The molecule has 6 nitrogen and oxygen atoms in total. The van der Waals surface area contributed by atoms with Gasteiger partial charge in [0.05, 0.1) is 24.0 Å². The molecule has 21 heavy (non-hydrogen) atoms. The van der Waals surface area contributed by atoms with Gasteiger partial charge < -0.3 is 9.84 Å². The highest BCUT2D eigenvalue weighted by atomic mass is 32.2. The summed E-state index contributed by atoms with van der Waals surface area (Å²) in [6.45, 7) is 7.16. The summed E-state index contributed by atoms with van der Waals surface area (Å²) in [6, 6.07) is 2.94. The zero-order valence-electron chi connectivity index (χ0n) is 12.6. The number of hydrogen-bond donors (Lipinski definition) is 2. The fraction of sp³-hybridized carbons (Fsp3) is 0.500. The lowest BCUT2D eigenvalue weighted by Gasteiger charge is -2.13. The number of aryl methyl sites for hydroxylation is 1. The predicted octanol–water partition coefficient (Wildman–Crippen LogP) is 2.17. The summed E-state index contributed by atoms with van der Waals surface area (Å²) in [5, 5.41) is 9.12. The molecule has 0 saturated heterocycles. The van der Waals surface area contributed by atoms with E-state index in [2.05, 4.69) is 4.72 Å². The standard InChI is InChI=1S/C14H21NO5S/c1-9(2)20-5-6-21(18,19)15-12-7-10(3)11(4)13(8-12)14(16)17/h7-9,15H,5-6H2,1-4H3,(H,16,17). The lowest BCUT2D eigenvalue weighted by molar-refractivity contribution is 0.0696. The van der Waals surface area contributed by atoms with Crippen LogP contribution < -0.4 is 4.72 Å². The largest absolute Gasteiger partial charge is 0.478 e. The number of benzene rings is 1.